The maximum Gasteiger partial charge on any atom is 0.251 e. The summed E-state index contributed by atoms with van der Waals surface area (Å²) in [4.78, 5) is 12.1. The van der Waals surface area contributed by atoms with Gasteiger partial charge in [-0.25, -0.2) is 4.39 Å². The summed E-state index contributed by atoms with van der Waals surface area (Å²) in [5.74, 6) is -0.542. The summed E-state index contributed by atoms with van der Waals surface area (Å²) in [7, 11) is 0. The largest absolute Gasteiger partial charge is 0.348 e. The quantitative estimate of drug-likeness (QED) is 0.927. The Labute approximate surface area is 116 Å². The van der Waals surface area contributed by atoms with Crippen LogP contribution in [0.15, 0.2) is 48.5 Å². The Kier molecular flexibility index (Phi) is 4.46. The number of nitrogens with one attached hydrogen (secondary N) is 1. The number of carbonyl (C=O) groups excluding carboxylic acids is 1. The average molecular weight is 268 g/mol. The molecule has 2 rings (SSSR count). The van der Waals surface area contributed by atoms with Gasteiger partial charge in [0.1, 0.15) is 5.82 Å². The van der Waals surface area contributed by atoms with E-state index in [-0.39, 0.29) is 18.1 Å². The third-order valence-corrected chi connectivity index (χ3v) is 2.90. The van der Waals surface area contributed by atoms with E-state index in [1.807, 2.05) is 6.07 Å². The molecule has 4 heteroatoms. The zero-order valence-corrected chi connectivity index (χ0v) is 10.8. The van der Waals surface area contributed by atoms with Gasteiger partial charge < -0.3 is 5.32 Å². The van der Waals surface area contributed by atoms with Gasteiger partial charge in [0, 0.05) is 12.1 Å². The summed E-state index contributed by atoms with van der Waals surface area (Å²) in [5.41, 5.74) is 2.01. The Morgan fingerprint density at radius 3 is 2.55 bits per heavy atom. The molecule has 0 aliphatic carbocycles. The molecule has 100 valence electrons. The third-order valence-electron chi connectivity index (χ3n) is 2.90. The summed E-state index contributed by atoms with van der Waals surface area (Å²) in [6.45, 7) is 0.319. The van der Waals surface area contributed by atoms with E-state index in [2.05, 4.69) is 5.32 Å². The van der Waals surface area contributed by atoms with Crippen molar-refractivity contribution in [3.8, 4) is 6.07 Å². The summed E-state index contributed by atoms with van der Waals surface area (Å²) in [6, 6.07) is 15.0. The van der Waals surface area contributed by atoms with Gasteiger partial charge >= 0.3 is 0 Å². The second-order valence-corrected chi connectivity index (χ2v) is 4.30. The number of hydrogen-bond donors (Lipinski definition) is 1. The van der Waals surface area contributed by atoms with E-state index < -0.39 is 0 Å². The summed E-state index contributed by atoms with van der Waals surface area (Å²) < 4.78 is 12.8. The molecule has 0 fully saturated rings. The number of amides is 1. The molecule has 0 unspecified atom stereocenters. The van der Waals surface area contributed by atoms with Crippen molar-refractivity contribution < 1.29 is 9.18 Å². The van der Waals surface area contributed by atoms with Crippen LogP contribution < -0.4 is 5.32 Å². The van der Waals surface area contributed by atoms with E-state index >= 15 is 0 Å². The van der Waals surface area contributed by atoms with Gasteiger partial charge in [-0.05, 0) is 29.3 Å². The maximum absolute atomic E-state index is 12.8. The minimum absolute atomic E-state index is 0.195. The summed E-state index contributed by atoms with van der Waals surface area (Å²) >= 11 is 0. The standard InChI is InChI=1S/C16H13FN2O/c17-14-7-5-12(6-8-14)11-19-16(20)15-4-2-1-3-13(15)9-10-18/h1-8H,9,11H2,(H,19,20). The predicted molar refractivity (Wildman–Crippen MR) is 73.3 cm³/mol. The van der Waals surface area contributed by atoms with Gasteiger partial charge in [0.2, 0.25) is 0 Å². The number of nitrogens with zero attached hydrogens (tertiary/aromatic N) is 1. The molecule has 20 heavy (non-hydrogen) atoms. The molecule has 3 nitrogen and oxygen atoms in total. The highest BCUT2D eigenvalue weighted by atomic mass is 19.1. The number of nitriles is 1. The lowest BCUT2D eigenvalue weighted by Crippen LogP contribution is -2.23. The maximum atomic E-state index is 12.8. The first-order valence-electron chi connectivity index (χ1n) is 6.18. The van der Waals surface area contributed by atoms with Gasteiger partial charge in [0.25, 0.3) is 5.91 Å². The number of halogens is 1. The Morgan fingerprint density at radius 1 is 1.15 bits per heavy atom. The summed E-state index contributed by atoms with van der Waals surface area (Å²) in [5, 5.41) is 11.5. The van der Waals surface area contributed by atoms with Crippen LogP contribution in [-0.2, 0) is 13.0 Å². The van der Waals surface area contributed by atoms with Crippen LogP contribution >= 0.6 is 0 Å². The Morgan fingerprint density at radius 2 is 1.85 bits per heavy atom. The SMILES string of the molecule is N#CCc1ccccc1C(=O)NCc1ccc(F)cc1. The van der Waals surface area contributed by atoms with Crippen LogP contribution in [0.3, 0.4) is 0 Å². The monoisotopic (exact) mass is 268 g/mol. The summed E-state index contributed by atoms with van der Waals surface area (Å²) in [6.07, 6.45) is 0.195. The van der Waals surface area contributed by atoms with Gasteiger partial charge in [-0.15, -0.1) is 0 Å². The molecule has 0 bridgehead atoms. The minimum atomic E-state index is -0.306. The molecule has 0 aromatic heterocycles. The second-order valence-electron chi connectivity index (χ2n) is 4.30. The Balaban J connectivity index is 2.05. The first-order chi connectivity index (χ1) is 9.70. The molecule has 0 atom stereocenters. The minimum Gasteiger partial charge on any atom is -0.348 e. The molecule has 2 aromatic rings. The highest BCUT2D eigenvalue weighted by Gasteiger charge is 2.10. The van der Waals surface area contributed by atoms with Gasteiger partial charge in [0.15, 0.2) is 0 Å². The first kappa shape index (κ1) is 13.8. The number of benzene rings is 2. The van der Waals surface area contributed by atoms with Crippen LogP contribution in [-0.4, -0.2) is 5.91 Å². The van der Waals surface area contributed by atoms with E-state index in [0.29, 0.717) is 17.7 Å². The lowest BCUT2D eigenvalue weighted by molar-refractivity contribution is 0.0950. The highest BCUT2D eigenvalue weighted by Crippen LogP contribution is 2.10. The van der Waals surface area contributed by atoms with Crippen LogP contribution in [0.5, 0.6) is 0 Å². The highest BCUT2D eigenvalue weighted by molar-refractivity contribution is 5.95. The molecule has 0 aliphatic rings. The zero-order chi connectivity index (χ0) is 14.4. The molecule has 1 N–H and O–H groups in total. The van der Waals surface area contributed by atoms with Gasteiger partial charge in [-0.1, -0.05) is 30.3 Å². The predicted octanol–water partition coefficient (Wildman–Crippen LogP) is 2.82. The number of hydrogen-bond acceptors (Lipinski definition) is 2. The second kappa shape index (κ2) is 6.48. The van der Waals surface area contributed by atoms with Crippen molar-refractivity contribution in [2.24, 2.45) is 0 Å². The fourth-order valence-electron chi connectivity index (χ4n) is 1.86. The molecule has 0 saturated heterocycles. The van der Waals surface area contributed by atoms with Crippen molar-refractivity contribution in [2.45, 2.75) is 13.0 Å². The Bertz CT molecular complexity index is 644. The molecule has 0 radical (unpaired) electrons. The van der Waals surface area contributed by atoms with E-state index in [4.69, 9.17) is 5.26 Å². The van der Waals surface area contributed by atoms with Crippen molar-refractivity contribution in [3.63, 3.8) is 0 Å². The average Bonchev–Trinajstić information content (AvgIpc) is 2.47. The molecule has 1 amide bonds. The molecule has 0 aliphatic heterocycles. The zero-order valence-electron chi connectivity index (χ0n) is 10.8. The van der Waals surface area contributed by atoms with Crippen LogP contribution in [0, 0.1) is 17.1 Å². The third kappa shape index (κ3) is 3.42. The van der Waals surface area contributed by atoms with E-state index in [0.717, 1.165) is 5.56 Å². The molecule has 0 saturated carbocycles. The fraction of sp³-hybridized carbons (Fsp3) is 0.125. The van der Waals surface area contributed by atoms with Gasteiger partial charge in [-0.3, -0.25) is 4.79 Å². The molecular formula is C16H13FN2O. The van der Waals surface area contributed by atoms with Crippen LogP contribution in [0.4, 0.5) is 4.39 Å². The lowest BCUT2D eigenvalue weighted by Gasteiger charge is -2.08. The first-order valence-corrected chi connectivity index (χ1v) is 6.18. The number of carbonyl (C=O) groups is 1. The fourth-order valence-corrected chi connectivity index (χ4v) is 1.86. The Hall–Kier alpha value is -2.67. The molecule has 0 heterocycles. The van der Waals surface area contributed by atoms with Gasteiger partial charge in [0.05, 0.1) is 12.5 Å². The number of rotatable bonds is 4. The van der Waals surface area contributed by atoms with Crippen molar-refractivity contribution in [3.05, 3.63) is 71.0 Å². The van der Waals surface area contributed by atoms with Crippen molar-refractivity contribution >= 4 is 5.91 Å². The van der Waals surface area contributed by atoms with Crippen molar-refractivity contribution in [2.75, 3.05) is 0 Å². The topological polar surface area (TPSA) is 52.9 Å². The smallest absolute Gasteiger partial charge is 0.251 e. The van der Waals surface area contributed by atoms with Crippen LogP contribution in [0.25, 0.3) is 0 Å². The van der Waals surface area contributed by atoms with E-state index in [1.165, 1.54) is 12.1 Å². The van der Waals surface area contributed by atoms with Crippen LogP contribution in [0.1, 0.15) is 21.5 Å². The molecular weight excluding hydrogens is 255 g/mol. The molecule has 0 spiro atoms. The lowest BCUT2D eigenvalue weighted by atomic mass is 10.0. The van der Waals surface area contributed by atoms with Gasteiger partial charge in [-0.2, -0.15) is 5.26 Å². The van der Waals surface area contributed by atoms with E-state index in [1.54, 1.807) is 36.4 Å². The van der Waals surface area contributed by atoms with Crippen molar-refractivity contribution in [1.29, 1.82) is 5.26 Å². The van der Waals surface area contributed by atoms with E-state index in [9.17, 15) is 9.18 Å². The van der Waals surface area contributed by atoms with Crippen molar-refractivity contribution in [1.82, 2.24) is 5.32 Å². The van der Waals surface area contributed by atoms with Crippen LogP contribution in [0.2, 0.25) is 0 Å². The normalized spacial score (nSPS) is 9.80. The molecule has 2 aromatic carbocycles.